The molecule has 3 heteroatoms. The lowest BCUT2D eigenvalue weighted by Crippen LogP contribution is -2.32. The van der Waals surface area contributed by atoms with E-state index in [1.807, 2.05) is 18.2 Å². The summed E-state index contributed by atoms with van der Waals surface area (Å²) in [6, 6.07) is 17.2. The molecule has 1 fully saturated rings. The van der Waals surface area contributed by atoms with Gasteiger partial charge in [-0.05, 0) is 41.5 Å². The summed E-state index contributed by atoms with van der Waals surface area (Å²) < 4.78 is 13.2. The minimum atomic E-state index is -0.203. The van der Waals surface area contributed by atoms with Gasteiger partial charge in [0.1, 0.15) is 5.82 Å². The molecule has 3 rings (SSSR count). The molecule has 0 amide bonds. The van der Waals surface area contributed by atoms with Gasteiger partial charge in [-0.2, -0.15) is 0 Å². The van der Waals surface area contributed by atoms with Crippen molar-refractivity contribution < 1.29 is 9.50 Å². The number of rotatable bonds is 5. The number of hydrogen-bond donors (Lipinski definition) is 2. The first-order valence-corrected chi connectivity index (χ1v) is 7.84. The Balaban J connectivity index is 1.92. The van der Waals surface area contributed by atoms with Gasteiger partial charge in [0.2, 0.25) is 0 Å². The molecule has 1 aliphatic heterocycles. The molecule has 22 heavy (non-hydrogen) atoms. The van der Waals surface area contributed by atoms with Crippen LogP contribution in [0.25, 0.3) is 0 Å². The van der Waals surface area contributed by atoms with E-state index < -0.39 is 0 Å². The maximum Gasteiger partial charge on any atom is 0.123 e. The van der Waals surface area contributed by atoms with Crippen molar-refractivity contribution in [2.75, 3.05) is 19.7 Å². The first kappa shape index (κ1) is 15.2. The second kappa shape index (κ2) is 6.59. The molecule has 0 bridgehead atoms. The van der Waals surface area contributed by atoms with E-state index in [9.17, 15) is 9.50 Å². The van der Waals surface area contributed by atoms with E-state index >= 15 is 0 Å². The predicted octanol–water partition coefficient (Wildman–Crippen LogP) is 3.12. The summed E-state index contributed by atoms with van der Waals surface area (Å²) >= 11 is 0. The molecular formula is C19H22FNO. The summed E-state index contributed by atoms with van der Waals surface area (Å²) in [7, 11) is 0. The second-order valence-corrected chi connectivity index (χ2v) is 6.23. The highest BCUT2D eigenvalue weighted by molar-refractivity contribution is 5.28. The van der Waals surface area contributed by atoms with E-state index in [1.54, 1.807) is 0 Å². The summed E-state index contributed by atoms with van der Waals surface area (Å²) in [5.74, 6) is 0.0889. The Morgan fingerprint density at radius 3 is 2.50 bits per heavy atom. The van der Waals surface area contributed by atoms with Crippen LogP contribution in [0.2, 0.25) is 0 Å². The van der Waals surface area contributed by atoms with Gasteiger partial charge in [0.05, 0.1) is 0 Å². The maximum absolute atomic E-state index is 13.2. The van der Waals surface area contributed by atoms with Crippen LogP contribution in [-0.4, -0.2) is 24.8 Å². The first-order valence-electron chi connectivity index (χ1n) is 7.84. The SMILES string of the molecule is OCC[C@@]1(Cc2ccccc2)CNC[C@H]1c1ccc(F)cc1. The van der Waals surface area contributed by atoms with Crippen molar-refractivity contribution in [3.63, 3.8) is 0 Å². The summed E-state index contributed by atoms with van der Waals surface area (Å²) in [5, 5.41) is 13.1. The minimum absolute atomic E-state index is 0.0199. The zero-order valence-corrected chi connectivity index (χ0v) is 12.6. The third-order valence-electron chi connectivity index (χ3n) is 4.85. The van der Waals surface area contributed by atoms with Crippen LogP contribution in [0.15, 0.2) is 54.6 Å². The smallest absolute Gasteiger partial charge is 0.123 e. The standard InChI is InChI=1S/C19H22FNO/c20-17-8-6-16(7-9-17)18-13-21-14-19(18,10-11-22)12-15-4-2-1-3-5-15/h1-9,18,21-22H,10-14H2/t18-,19+/m0/s1. The van der Waals surface area contributed by atoms with Crippen LogP contribution in [0, 0.1) is 11.2 Å². The fourth-order valence-electron chi connectivity index (χ4n) is 3.73. The molecule has 1 saturated heterocycles. The molecule has 2 atom stereocenters. The third kappa shape index (κ3) is 3.06. The molecule has 0 spiro atoms. The molecule has 1 heterocycles. The van der Waals surface area contributed by atoms with Crippen molar-refractivity contribution in [3.8, 4) is 0 Å². The molecule has 0 aromatic heterocycles. The number of aliphatic hydroxyl groups is 1. The highest BCUT2D eigenvalue weighted by Gasteiger charge is 2.43. The molecule has 0 aliphatic carbocycles. The van der Waals surface area contributed by atoms with Crippen molar-refractivity contribution in [2.24, 2.45) is 5.41 Å². The third-order valence-corrected chi connectivity index (χ3v) is 4.85. The second-order valence-electron chi connectivity index (χ2n) is 6.23. The van der Waals surface area contributed by atoms with E-state index in [0.717, 1.165) is 31.5 Å². The lowest BCUT2D eigenvalue weighted by molar-refractivity contribution is 0.178. The van der Waals surface area contributed by atoms with Gasteiger partial charge in [0.25, 0.3) is 0 Å². The zero-order chi connectivity index (χ0) is 15.4. The Labute approximate surface area is 131 Å². The minimum Gasteiger partial charge on any atom is -0.396 e. The Bertz CT molecular complexity index is 599. The topological polar surface area (TPSA) is 32.3 Å². The predicted molar refractivity (Wildman–Crippen MR) is 86.3 cm³/mol. The van der Waals surface area contributed by atoms with E-state index in [-0.39, 0.29) is 17.8 Å². The number of benzene rings is 2. The van der Waals surface area contributed by atoms with E-state index in [2.05, 4.69) is 29.6 Å². The molecule has 1 aliphatic rings. The largest absolute Gasteiger partial charge is 0.396 e. The van der Waals surface area contributed by atoms with Crippen molar-refractivity contribution in [1.29, 1.82) is 0 Å². The summed E-state index contributed by atoms with van der Waals surface area (Å²) in [5.41, 5.74) is 2.41. The Kier molecular flexibility index (Phi) is 4.55. The van der Waals surface area contributed by atoms with Crippen LogP contribution < -0.4 is 5.32 Å². The van der Waals surface area contributed by atoms with Crippen molar-refractivity contribution in [1.82, 2.24) is 5.32 Å². The average molecular weight is 299 g/mol. The fraction of sp³-hybridized carbons (Fsp3) is 0.368. The summed E-state index contributed by atoms with van der Waals surface area (Å²) in [6.45, 7) is 1.93. The van der Waals surface area contributed by atoms with Gasteiger partial charge in [-0.1, -0.05) is 42.5 Å². The lowest BCUT2D eigenvalue weighted by Gasteiger charge is -2.35. The normalized spacial score (nSPS) is 24.5. The molecule has 2 aromatic rings. The summed E-state index contributed by atoms with van der Waals surface area (Å²) in [4.78, 5) is 0. The lowest BCUT2D eigenvalue weighted by atomic mass is 9.69. The Morgan fingerprint density at radius 2 is 1.82 bits per heavy atom. The molecule has 0 unspecified atom stereocenters. The van der Waals surface area contributed by atoms with Gasteiger partial charge in [0.15, 0.2) is 0 Å². The first-order chi connectivity index (χ1) is 10.7. The van der Waals surface area contributed by atoms with Gasteiger partial charge in [-0.25, -0.2) is 4.39 Å². The number of aliphatic hydroxyl groups excluding tert-OH is 1. The van der Waals surface area contributed by atoms with Crippen molar-refractivity contribution in [3.05, 3.63) is 71.5 Å². The van der Waals surface area contributed by atoms with Gasteiger partial charge in [0, 0.05) is 25.6 Å². The number of halogens is 1. The van der Waals surface area contributed by atoms with E-state index in [0.29, 0.717) is 5.92 Å². The van der Waals surface area contributed by atoms with Crippen LogP contribution in [0.1, 0.15) is 23.5 Å². The zero-order valence-electron chi connectivity index (χ0n) is 12.6. The van der Waals surface area contributed by atoms with Gasteiger partial charge >= 0.3 is 0 Å². The molecule has 2 nitrogen and oxygen atoms in total. The molecule has 0 saturated carbocycles. The van der Waals surface area contributed by atoms with Gasteiger partial charge in [-0.3, -0.25) is 0 Å². The molecule has 0 radical (unpaired) electrons. The van der Waals surface area contributed by atoms with Crippen LogP contribution in [-0.2, 0) is 6.42 Å². The average Bonchev–Trinajstić information content (AvgIpc) is 2.93. The van der Waals surface area contributed by atoms with Gasteiger partial charge < -0.3 is 10.4 Å². The molecule has 2 aromatic carbocycles. The quantitative estimate of drug-likeness (QED) is 0.889. The molecular weight excluding hydrogens is 277 g/mol. The van der Waals surface area contributed by atoms with Crippen LogP contribution in [0.3, 0.4) is 0 Å². The monoisotopic (exact) mass is 299 g/mol. The highest BCUT2D eigenvalue weighted by atomic mass is 19.1. The van der Waals surface area contributed by atoms with E-state index in [4.69, 9.17) is 0 Å². The Hall–Kier alpha value is -1.71. The number of hydrogen-bond acceptors (Lipinski definition) is 2. The summed E-state index contributed by atoms with van der Waals surface area (Å²) in [6.07, 6.45) is 1.67. The van der Waals surface area contributed by atoms with Crippen LogP contribution >= 0.6 is 0 Å². The molecule has 116 valence electrons. The molecule has 2 N–H and O–H groups in total. The highest BCUT2D eigenvalue weighted by Crippen LogP contribution is 2.44. The number of nitrogens with one attached hydrogen (secondary N) is 1. The maximum atomic E-state index is 13.2. The van der Waals surface area contributed by atoms with E-state index in [1.165, 1.54) is 17.7 Å². The fourth-order valence-corrected chi connectivity index (χ4v) is 3.73. The van der Waals surface area contributed by atoms with Crippen LogP contribution in [0.5, 0.6) is 0 Å². The Morgan fingerprint density at radius 1 is 1.09 bits per heavy atom. The van der Waals surface area contributed by atoms with Crippen LogP contribution in [0.4, 0.5) is 4.39 Å². The van der Waals surface area contributed by atoms with Crippen molar-refractivity contribution >= 4 is 0 Å². The van der Waals surface area contributed by atoms with Gasteiger partial charge in [-0.15, -0.1) is 0 Å². The van der Waals surface area contributed by atoms with Crippen molar-refractivity contribution in [2.45, 2.75) is 18.8 Å².